The fraction of sp³-hybridized carbons (Fsp3) is 0.389. The zero-order valence-corrected chi connectivity index (χ0v) is 13.9. The van der Waals surface area contributed by atoms with Crippen molar-refractivity contribution in [3.8, 4) is 0 Å². The van der Waals surface area contributed by atoms with Gasteiger partial charge >= 0.3 is 0 Å². The Morgan fingerprint density at radius 1 is 1.08 bits per heavy atom. The number of aromatic nitrogens is 4. The van der Waals surface area contributed by atoms with E-state index in [2.05, 4.69) is 25.7 Å². The van der Waals surface area contributed by atoms with Crippen molar-refractivity contribution < 1.29 is 0 Å². The van der Waals surface area contributed by atoms with Crippen LogP contribution in [0.5, 0.6) is 0 Å². The molecule has 1 aliphatic carbocycles. The Labute approximate surface area is 141 Å². The first-order valence-electron chi connectivity index (χ1n) is 8.58. The molecule has 3 aromatic heterocycles. The van der Waals surface area contributed by atoms with Gasteiger partial charge in [-0.1, -0.05) is 25.3 Å². The fourth-order valence-corrected chi connectivity index (χ4v) is 3.21. The molecule has 0 radical (unpaired) electrons. The quantitative estimate of drug-likeness (QED) is 0.762. The third kappa shape index (κ3) is 3.18. The molecule has 1 fully saturated rings. The van der Waals surface area contributed by atoms with Crippen molar-refractivity contribution in [2.45, 2.75) is 45.1 Å². The van der Waals surface area contributed by atoms with Crippen LogP contribution in [0.4, 0.5) is 17.3 Å². The smallest absolute Gasteiger partial charge is 0.177 e. The summed E-state index contributed by atoms with van der Waals surface area (Å²) in [7, 11) is 0. The topological polar surface area (TPSA) is 67.1 Å². The van der Waals surface area contributed by atoms with Crippen LogP contribution in [0.2, 0.25) is 0 Å². The lowest BCUT2D eigenvalue weighted by molar-refractivity contribution is 0.461. The van der Waals surface area contributed by atoms with E-state index in [1.807, 2.05) is 42.0 Å². The second-order valence-corrected chi connectivity index (χ2v) is 6.46. The summed E-state index contributed by atoms with van der Waals surface area (Å²) < 4.78 is 1.81. The SMILES string of the molecule is Cc1ccc(Nc2cc(NC3CCCCC3)nn3ccnc23)nc1. The van der Waals surface area contributed by atoms with Gasteiger partial charge in [0.05, 0.1) is 5.69 Å². The standard InChI is InChI=1S/C18H22N6/c1-13-7-8-16(20-12-13)22-15-11-17(21-14-5-3-2-4-6-14)23-24-10-9-19-18(15)24/h7-12,14H,2-6H2,1H3,(H,20,22)(H,21,23). The van der Waals surface area contributed by atoms with Gasteiger partial charge in [-0.15, -0.1) is 5.10 Å². The van der Waals surface area contributed by atoms with Crippen molar-refractivity contribution in [2.24, 2.45) is 0 Å². The average Bonchev–Trinajstić information content (AvgIpc) is 3.07. The predicted octanol–water partition coefficient (Wildman–Crippen LogP) is 3.92. The van der Waals surface area contributed by atoms with E-state index >= 15 is 0 Å². The lowest BCUT2D eigenvalue weighted by Gasteiger charge is -2.23. The molecule has 1 aliphatic rings. The monoisotopic (exact) mass is 322 g/mol. The number of anilines is 3. The molecule has 24 heavy (non-hydrogen) atoms. The van der Waals surface area contributed by atoms with E-state index in [9.17, 15) is 0 Å². The largest absolute Gasteiger partial charge is 0.366 e. The molecule has 4 rings (SSSR count). The van der Waals surface area contributed by atoms with Gasteiger partial charge in [-0.2, -0.15) is 0 Å². The average molecular weight is 322 g/mol. The van der Waals surface area contributed by atoms with Crippen molar-refractivity contribution in [2.75, 3.05) is 10.6 Å². The summed E-state index contributed by atoms with van der Waals surface area (Å²) in [5.74, 6) is 1.68. The van der Waals surface area contributed by atoms with E-state index < -0.39 is 0 Å². The summed E-state index contributed by atoms with van der Waals surface area (Å²) >= 11 is 0. The highest BCUT2D eigenvalue weighted by Crippen LogP contribution is 2.25. The van der Waals surface area contributed by atoms with Crippen LogP contribution in [0.3, 0.4) is 0 Å². The number of nitrogens with zero attached hydrogens (tertiary/aromatic N) is 4. The maximum Gasteiger partial charge on any atom is 0.177 e. The highest BCUT2D eigenvalue weighted by molar-refractivity contribution is 5.74. The molecule has 0 spiro atoms. The van der Waals surface area contributed by atoms with Gasteiger partial charge in [0, 0.05) is 30.7 Å². The Kier molecular flexibility index (Phi) is 4.02. The molecule has 3 heterocycles. The molecule has 0 saturated heterocycles. The molecule has 0 unspecified atom stereocenters. The van der Waals surface area contributed by atoms with Gasteiger partial charge in [0.1, 0.15) is 11.6 Å². The zero-order valence-electron chi connectivity index (χ0n) is 13.9. The highest BCUT2D eigenvalue weighted by atomic mass is 15.3. The van der Waals surface area contributed by atoms with Crippen LogP contribution < -0.4 is 10.6 Å². The van der Waals surface area contributed by atoms with Crippen molar-refractivity contribution in [1.29, 1.82) is 0 Å². The van der Waals surface area contributed by atoms with Crippen LogP contribution in [0.25, 0.3) is 5.65 Å². The normalized spacial score (nSPS) is 15.5. The minimum atomic E-state index is 0.512. The van der Waals surface area contributed by atoms with Crippen molar-refractivity contribution in [3.63, 3.8) is 0 Å². The molecule has 1 saturated carbocycles. The van der Waals surface area contributed by atoms with Gasteiger partial charge in [-0.05, 0) is 31.4 Å². The zero-order chi connectivity index (χ0) is 16.4. The third-order valence-corrected chi connectivity index (χ3v) is 4.49. The second-order valence-electron chi connectivity index (χ2n) is 6.46. The number of rotatable bonds is 4. The summed E-state index contributed by atoms with van der Waals surface area (Å²) in [6, 6.07) is 6.56. The molecule has 0 bridgehead atoms. The Morgan fingerprint density at radius 3 is 2.75 bits per heavy atom. The number of fused-ring (bicyclic) bond motifs is 1. The molecule has 0 atom stereocenters. The fourth-order valence-electron chi connectivity index (χ4n) is 3.21. The molecule has 2 N–H and O–H groups in total. The molecule has 0 amide bonds. The molecule has 3 aromatic rings. The van der Waals surface area contributed by atoms with Gasteiger partial charge in [0.2, 0.25) is 0 Å². The molecule has 0 aliphatic heterocycles. The molecule has 0 aromatic carbocycles. The lowest BCUT2D eigenvalue weighted by Crippen LogP contribution is -2.23. The van der Waals surface area contributed by atoms with Crippen LogP contribution in [0.1, 0.15) is 37.7 Å². The number of hydrogen-bond acceptors (Lipinski definition) is 5. The minimum Gasteiger partial charge on any atom is -0.366 e. The molecular weight excluding hydrogens is 300 g/mol. The Bertz CT molecular complexity index is 817. The van der Waals surface area contributed by atoms with Crippen molar-refractivity contribution in [3.05, 3.63) is 42.4 Å². The Morgan fingerprint density at radius 2 is 1.96 bits per heavy atom. The number of nitrogens with one attached hydrogen (secondary N) is 2. The van der Waals surface area contributed by atoms with Gasteiger partial charge in [-0.3, -0.25) is 0 Å². The summed E-state index contributed by atoms with van der Waals surface area (Å²) in [4.78, 5) is 8.82. The first-order valence-corrected chi connectivity index (χ1v) is 8.58. The van der Waals surface area contributed by atoms with Crippen LogP contribution in [0.15, 0.2) is 36.8 Å². The van der Waals surface area contributed by atoms with Gasteiger partial charge < -0.3 is 10.6 Å². The lowest BCUT2D eigenvalue weighted by atomic mass is 9.95. The van der Waals surface area contributed by atoms with E-state index in [1.54, 1.807) is 6.20 Å². The molecule has 6 nitrogen and oxygen atoms in total. The maximum atomic E-state index is 4.63. The number of pyridine rings is 1. The van der Waals surface area contributed by atoms with E-state index in [1.165, 1.54) is 32.1 Å². The van der Waals surface area contributed by atoms with E-state index in [0.717, 1.165) is 28.5 Å². The molecular formula is C18H22N6. The molecule has 124 valence electrons. The van der Waals surface area contributed by atoms with Gasteiger partial charge in [0.25, 0.3) is 0 Å². The van der Waals surface area contributed by atoms with Crippen LogP contribution >= 0.6 is 0 Å². The maximum absolute atomic E-state index is 4.63. The van der Waals surface area contributed by atoms with Crippen LogP contribution in [-0.2, 0) is 0 Å². The first kappa shape index (κ1) is 14.9. The van der Waals surface area contributed by atoms with Crippen molar-refractivity contribution >= 4 is 23.0 Å². The summed E-state index contributed by atoms with van der Waals surface area (Å²) in [5, 5.41) is 11.6. The summed E-state index contributed by atoms with van der Waals surface area (Å²) in [6.07, 6.45) is 11.9. The van der Waals surface area contributed by atoms with Gasteiger partial charge in [-0.25, -0.2) is 14.5 Å². The van der Waals surface area contributed by atoms with E-state index in [0.29, 0.717) is 6.04 Å². The van der Waals surface area contributed by atoms with E-state index in [-0.39, 0.29) is 0 Å². The Hall–Kier alpha value is -2.63. The summed E-state index contributed by atoms with van der Waals surface area (Å²) in [5.41, 5.74) is 2.84. The van der Waals surface area contributed by atoms with E-state index in [4.69, 9.17) is 0 Å². The van der Waals surface area contributed by atoms with Crippen LogP contribution in [-0.4, -0.2) is 25.6 Å². The predicted molar refractivity (Wildman–Crippen MR) is 95.7 cm³/mol. The third-order valence-electron chi connectivity index (χ3n) is 4.49. The number of hydrogen-bond donors (Lipinski definition) is 2. The van der Waals surface area contributed by atoms with Crippen LogP contribution in [0, 0.1) is 6.92 Å². The second kappa shape index (κ2) is 6.47. The first-order chi connectivity index (χ1) is 11.8. The number of imidazole rings is 1. The number of aryl methyl sites for hydroxylation is 1. The highest BCUT2D eigenvalue weighted by Gasteiger charge is 2.15. The van der Waals surface area contributed by atoms with Gasteiger partial charge in [0.15, 0.2) is 5.65 Å². The Balaban J connectivity index is 1.63. The minimum absolute atomic E-state index is 0.512. The van der Waals surface area contributed by atoms with Crippen molar-refractivity contribution in [1.82, 2.24) is 19.6 Å². The summed E-state index contributed by atoms with van der Waals surface area (Å²) in [6.45, 7) is 2.03. The molecule has 6 heteroatoms.